The van der Waals surface area contributed by atoms with E-state index < -0.39 is 0 Å². The molecule has 0 unspecified atom stereocenters. The maximum atomic E-state index is 12.6. The molecule has 1 aliphatic carbocycles. The molecule has 2 aliphatic rings. The van der Waals surface area contributed by atoms with Crippen molar-refractivity contribution in [3.05, 3.63) is 58.6 Å². The largest absolute Gasteiger partial charge is 0.483 e. The van der Waals surface area contributed by atoms with Crippen LogP contribution in [0, 0.1) is 0 Å². The SMILES string of the molecule is O=C(COc1cccc2c1CCCC2)N1CCN(c2cccc(Cl)c2)CC1. The van der Waals surface area contributed by atoms with Crippen molar-refractivity contribution < 1.29 is 9.53 Å². The minimum Gasteiger partial charge on any atom is -0.483 e. The quantitative estimate of drug-likeness (QED) is 0.800. The van der Waals surface area contributed by atoms with Gasteiger partial charge in [-0.25, -0.2) is 0 Å². The van der Waals surface area contributed by atoms with E-state index >= 15 is 0 Å². The molecule has 4 nitrogen and oxygen atoms in total. The van der Waals surface area contributed by atoms with Gasteiger partial charge in [-0.1, -0.05) is 29.8 Å². The van der Waals surface area contributed by atoms with E-state index in [4.69, 9.17) is 16.3 Å². The monoisotopic (exact) mass is 384 g/mol. The topological polar surface area (TPSA) is 32.8 Å². The molecule has 0 atom stereocenters. The highest BCUT2D eigenvalue weighted by Crippen LogP contribution is 2.29. The minimum absolute atomic E-state index is 0.0640. The zero-order chi connectivity index (χ0) is 18.6. The number of hydrogen-bond donors (Lipinski definition) is 0. The van der Waals surface area contributed by atoms with E-state index in [2.05, 4.69) is 17.0 Å². The molecule has 0 saturated carbocycles. The molecule has 1 amide bonds. The van der Waals surface area contributed by atoms with Gasteiger partial charge in [-0.05, 0) is 61.1 Å². The Morgan fingerprint density at radius 3 is 2.59 bits per heavy atom. The zero-order valence-corrected chi connectivity index (χ0v) is 16.3. The van der Waals surface area contributed by atoms with Gasteiger partial charge in [0.25, 0.3) is 5.91 Å². The van der Waals surface area contributed by atoms with Crippen molar-refractivity contribution in [2.45, 2.75) is 25.7 Å². The van der Waals surface area contributed by atoms with Crippen LogP contribution >= 0.6 is 11.6 Å². The second-order valence-electron chi connectivity index (χ2n) is 7.24. The second kappa shape index (κ2) is 8.22. The molecule has 2 aromatic rings. The van der Waals surface area contributed by atoms with E-state index in [1.165, 1.54) is 24.0 Å². The highest BCUT2D eigenvalue weighted by molar-refractivity contribution is 6.30. The molecular weight excluding hydrogens is 360 g/mol. The molecule has 5 heteroatoms. The number of ether oxygens (including phenoxy) is 1. The average Bonchev–Trinajstić information content (AvgIpc) is 2.72. The van der Waals surface area contributed by atoms with Gasteiger partial charge in [-0.15, -0.1) is 0 Å². The third-order valence-corrected chi connectivity index (χ3v) is 5.74. The summed E-state index contributed by atoms with van der Waals surface area (Å²) in [5.74, 6) is 0.951. The number of halogens is 1. The average molecular weight is 385 g/mol. The van der Waals surface area contributed by atoms with Crippen LogP contribution in [0.1, 0.15) is 24.0 Å². The van der Waals surface area contributed by atoms with Crippen LogP contribution < -0.4 is 9.64 Å². The molecular formula is C22H25ClN2O2. The Morgan fingerprint density at radius 1 is 1.00 bits per heavy atom. The lowest BCUT2D eigenvalue weighted by Crippen LogP contribution is -2.50. The second-order valence-corrected chi connectivity index (χ2v) is 7.67. The highest BCUT2D eigenvalue weighted by atomic mass is 35.5. The van der Waals surface area contributed by atoms with Crippen LogP contribution in [0.25, 0.3) is 0 Å². The molecule has 27 heavy (non-hydrogen) atoms. The fourth-order valence-corrected chi connectivity index (χ4v) is 4.18. The fourth-order valence-electron chi connectivity index (χ4n) is 4.00. The Kier molecular flexibility index (Phi) is 5.53. The number of carbonyl (C=O) groups is 1. The standard InChI is InChI=1S/C22H25ClN2O2/c23-18-7-4-8-19(15-18)24-11-13-25(14-12-24)22(26)16-27-21-10-3-6-17-5-1-2-9-20(17)21/h3-4,6-8,10,15H,1-2,5,9,11-14,16H2. The van der Waals surface area contributed by atoms with Crippen molar-refractivity contribution in [3.63, 3.8) is 0 Å². The lowest BCUT2D eigenvalue weighted by molar-refractivity contribution is -0.133. The van der Waals surface area contributed by atoms with Gasteiger partial charge >= 0.3 is 0 Å². The lowest BCUT2D eigenvalue weighted by atomic mass is 9.91. The first kappa shape index (κ1) is 18.2. The Labute approximate surface area is 165 Å². The van der Waals surface area contributed by atoms with E-state index in [1.54, 1.807) is 0 Å². The molecule has 0 aromatic heterocycles. The number of aryl methyl sites for hydroxylation is 1. The predicted octanol–water partition coefficient (Wildman–Crippen LogP) is 3.95. The van der Waals surface area contributed by atoms with Crippen molar-refractivity contribution in [3.8, 4) is 5.75 Å². The Bertz CT molecular complexity index is 816. The first-order valence-electron chi connectivity index (χ1n) is 9.72. The summed E-state index contributed by atoms with van der Waals surface area (Å²) in [5.41, 5.74) is 3.78. The van der Waals surface area contributed by atoms with Crippen LogP contribution in [0.5, 0.6) is 5.75 Å². The molecule has 1 aliphatic heterocycles. The highest BCUT2D eigenvalue weighted by Gasteiger charge is 2.22. The Morgan fingerprint density at radius 2 is 1.78 bits per heavy atom. The molecule has 0 radical (unpaired) electrons. The van der Waals surface area contributed by atoms with E-state index in [-0.39, 0.29) is 12.5 Å². The summed E-state index contributed by atoms with van der Waals surface area (Å²) in [6.07, 6.45) is 4.61. The third kappa shape index (κ3) is 4.22. The van der Waals surface area contributed by atoms with Crippen molar-refractivity contribution in [1.82, 2.24) is 4.90 Å². The minimum atomic E-state index is 0.0640. The maximum Gasteiger partial charge on any atom is 0.260 e. The van der Waals surface area contributed by atoms with Crippen LogP contribution in [0.15, 0.2) is 42.5 Å². The van der Waals surface area contributed by atoms with Gasteiger partial charge in [0.1, 0.15) is 5.75 Å². The van der Waals surface area contributed by atoms with E-state index in [9.17, 15) is 4.79 Å². The van der Waals surface area contributed by atoms with Gasteiger partial charge < -0.3 is 14.5 Å². The van der Waals surface area contributed by atoms with Crippen LogP contribution in [0.3, 0.4) is 0 Å². The first-order chi connectivity index (χ1) is 13.2. The third-order valence-electron chi connectivity index (χ3n) is 5.51. The molecule has 4 rings (SSSR count). The number of amides is 1. The Hall–Kier alpha value is -2.20. The van der Waals surface area contributed by atoms with Gasteiger partial charge in [-0.2, -0.15) is 0 Å². The number of anilines is 1. The first-order valence-corrected chi connectivity index (χ1v) is 10.1. The normalized spacial score (nSPS) is 16.8. The smallest absolute Gasteiger partial charge is 0.260 e. The van der Waals surface area contributed by atoms with Gasteiger partial charge in [0.05, 0.1) is 0 Å². The van der Waals surface area contributed by atoms with E-state index in [1.807, 2.05) is 35.2 Å². The number of nitrogens with zero attached hydrogens (tertiary/aromatic N) is 2. The maximum absolute atomic E-state index is 12.6. The van der Waals surface area contributed by atoms with E-state index in [0.717, 1.165) is 42.4 Å². The number of hydrogen-bond acceptors (Lipinski definition) is 3. The van der Waals surface area contributed by atoms with Crippen LogP contribution in [-0.4, -0.2) is 43.6 Å². The predicted molar refractivity (Wildman–Crippen MR) is 109 cm³/mol. The van der Waals surface area contributed by atoms with Gasteiger partial charge in [-0.3, -0.25) is 4.79 Å². The number of carbonyl (C=O) groups excluding carboxylic acids is 1. The van der Waals surface area contributed by atoms with Crippen molar-refractivity contribution >= 4 is 23.2 Å². The molecule has 0 bridgehead atoms. The van der Waals surface area contributed by atoms with Crippen molar-refractivity contribution in [2.75, 3.05) is 37.7 Å². The number of benzene rings is 2. The van der Waals surface area contributed by atoms with Gasteiger partial charge in [0.15, 0.2) is 6.61 Å². The molecule has 142 valence electrons. The summed E-state index contributed by atoms with van der Waals surface area (Å²) in [4.78, 5) is 16.8. The zero-order valence-electron chi connectivity index (χ0n) is 15.5. The molecule has 0 spiro atoms. The molecule has 1 heterocycles. The summed E-state index contributed by atoms with van der Waals surface area (Å²) in [5, 5.41) is 0.741. The van der Waals surface area contributed by atoms with Crippen molar-refractivity contribution in [1.29, 1.82) is 0 Å². The summed E-state index contributed by atoms with van der Waals surface area (Å²) in [6, 6.07) is 14.1. The molecule has 1 fully saturated rings. The number of fused-ring (bicyclic) bond motifs is 1. The van der Waals surface area contributed by atoms with E-state index in [0.29, 0.717) is 13.1 Å². The van der Waals surface area contributed by atoms with Crippen molar-refractivity contribution in [2.24, 2.45) is 0 Å². The number of piperazine rings is 1. The molecule has 2 aromatic carbocycles. The Balaban J connectivity index is 1.31. The summed E-state index contributed by atoms with van der Waals surface area (Å²) in [7, 11) is 0. The molecule has 1 saturated heterocycles. The fraction of sp³-hybridized carbons (Fsp3) is 0.409. The summed E-state index contributed by atoms with van der Waals surface area (Å²) in [6.45, 7) is 3.16. The van der Waals surface area contributed by atoms with Crippen LogP contribution in [0.2, 0.25) is 5.02 Å². The summed E-state index contributed by atoms with van der Waals surface area (Å²) < 4.78 is 5.92. The van der Waals surface area contributed by atoms with Crippen LogP contribution in [0.4, 0.5) is 5.69 Å². The lowest BCUT2D eigenvalue weighted by Gasteiger charge is -2.36. The van der Waals surface area contributed by atoms with Gasteiger partial charge in [0, 0.05) is 36.9 Å². The van der Waals surface area contributed by atoms with Gasteiger partial charge in [0.2, 0.25) is 0 Å². The molecule has 0 N–H and O–H groups in total. The van der Waals surface area contributed by atoms with Crippen LogP contribution in [-0.2, 0) is 17.6 Å². The number of rotatable bonds is 4. The summed E-state index contributed by atoms with van der Waals surface area (Å²) >= 11 is 6.09.